The predicted octanol–water partition coefficient (Wildman–Crippen LogP) is 4.80. The van der Waals surface area contributed by atoms with Crippen molar-refractivity contribution < 1.29 is 9.59 Å². The summed E-state index contributed by atoms with van der Waals surface area (Å²) >= 11 is 1.37. The van der Waals surface area contributed by atoms with E-state index in [0.717, 1.165) is 21.3 Å². The Balaban J connectivity index is 1.68. The van der Waals surface area contributed by atoms with Crippen molar-refractivity contribution in [2.75, 3.05) is 5.32 Å². The molecule has 0 aliphatic rings. The number of primary amides is 1. The molecule has 6 heteroatoms. The number of anilines is 1. The van der Waals surface area contributed by atoms with E-state index < -0.39 is 5.91 Å². The molecule has 1 atom stereocenters. The number of para-hydroxylation sites is 1. The molecule has 0 spiro atoms. The lowest BCUT2D eigenvalue weighted by atomic mass is 9.99. The van der Waals surface area contributed by atoms with Gasteiger partial charge in [0.2, 0.25) is 0 Å². The van der Waals surface area contributed by atoms with Crippen LogP contribution in [0.1, 0.15) is 44.0 Å². The van der Waals surface area contributed by atoms with Crippen molar-refractivity contribution in [3.8, 4) is 0 Å². The Morgan fingerprint density at radius 2 is 1.72 bits per heavy atom. The van der Waals surface area contributed by atoms with Crippen molar-refractivity contribution in [3.05, 3.63) is 94.5 Å². The topological polar surface area (TPSA) is 85.1 Å². The Morgan fingerprint density at radius 3 is 2.48 bits per heavy atom. The maximum absolute atomic E-state index is 13.0. The van der Waals surface area contributed by atoms with Gasteiger partial charge < -0.3 is 11.1 Å². The number of thiophene rings is 1. The van der Waals surface area contributed by atoms with Crippen LogP contribution in [0.4, 0.5) is 5.00 Å². The molecular weight excluding hydrogens is 382 g/mol. The number of nitrogens with one attached hydrogen (secondary N) is 1. The Morgan fingerprint density at radius 1 is 1.00 bits per heavy atom. The highest BCUT2D eigenvalue weighted by Gasteiger charge is 2.21. The Hall–Kier alpha value is -3.51. The molecule has 29 heavy (non-hydrogen) atoms. The number of hydrogen-bond acceptors (Lipinski definition) is 4. The lowest BCUT2D eigenvalue weighted by Gasteiger charge is -2.09. The Bertz CT molecular complexity index is 1200. The van der Waals surface area contributed by atoms with Crippen molar-refractivity contribution in [3.63, 3.8) is 0 Å². The van der Waals surface area contributed by atoms with E-state index in [9.17, 15) is 9.59 Å². The van der Waals surface area contributed by atoms with E-state index in [0.29, 0.717) is 16.1 Å². The average molecular weight is 401 g/mol. The number of nitrogens with two attached hydrogens (primary N) is 1. The van der Waals surface area contributed by atoms with Crippen LogP contribution in [0.2, 0.25) is 0 Å². The first-order valence-corrected chi connectivity index (χ1v) is 10.00. The molecule has 5 nitrogen and oxygen atoms in total. The van der Waals surface area contributed by atoms with E-state index in [1.54, 1.807) is 18.3 Å². The summed E-state index contributed by atoms with van der Waals surface area (Å²) in [6.07, 6.45) is 1.60. The number of rotatable bonds is 5. The van der Waals surface area contributed by atoms with Gasteiger partial charge in [-0.1, -0.05) is 55.5 Å². The zero-order chi connectivity index (χ0) is 20.4. The number of carbonyl (C=O) groups excluding carboxylic acids is 2. The molecule has 1 unspecified atom stereocenters. The number of fused-ring (bicyclic) bond motifs is 1. The number of pyridine rings is 1. The van der Waals surface area contributed by atoms with E-state index in [1.165, 1.54) is 11.3 Å². The number of amides is 2. The fourth-order valence-electron chi connectivity index (χ4n) is 3.27. The van der Waals surface area contributed by atoms with Crippen LogP contribution in [0.25, 0.3) is 10.9 Å². The number of hydrogen-bond donors (Lipinski definition) is 2. The van der Waals surface area contributed by atoms with E-state index in [2.05, 4.69) is 17.2 Å². The normalized spacial score (nSPS) is 11.9. The van der Waals surface area contributed by atoms with E-state index >= 15 is 0 Å². The van der Waals surface area contributed by atoms with Gasteiger partial charge in [0.05, 0.1) is 16.6 Å². The minimum atomic E-state index is -0.567. The molecule has 0 fully saturated rings. The molecule has 4 rings (SSSR count). The predicted molar refractivity (Wildman–Crippen MR) is 116 cm³/mol. The highest BCUT2D eigenvalue weighted by molar-refractivity contribution is 7.16. The van der Waals surface area contributed by atoms with E-state index in [-0.39, 0.29) is 11.8 Å². The van der Waals surface area contributed by atoms with Crippen LogP contribution in [0, 0.1) is 0 Å². The minimum absolute atomic E-state index is 0.0757. The van der Waals surface area contributed by atoms with E-state index in [4.69, 9.17) is 5.73 Å². The third-order valence-corrected chi connectivity index (χ3v) is 6.10. The first kappa shape index (κ1) is 18.8. The molecule has 3 N–H and O–H groups in total. The minimum Gasteiger partial charge on any atom is -0.366 e. The van der Waals surface area contributed by atoms with Gasteiger partial charge >= 0.3 is 0 Å². The van der Waals surface area contributed by atoms with Crippen LogP contribution in [0.5, 0.6) is 0 Å². The van der Waals surface area contributed by atoms with Gasteiger partial charge in [0.25, 0.3) is 11.8 Å². The first-order valence-electron chi connectivity index (χ1n) is 9.18. The molecule has 0 aliphatic carbocycles. The van der Waals surface area contributed by atoms with Gasteiger partial charge in [-0.2, -0.15) is 0 Å². The third kappa shape index (κ3) is 3.75. The number of nitrogens with zero attached hydrogens (tertiary/aromatic N) is 1. The molecule has 0 saturated carbocycles. The first-order chi connectivity index (χ1) is 14.0. The molecule has 2 aromatic carbocycles. The third-order valence-electron chi connectivity index (χ3n) is 4.86. The summed E-state index contributed by atoms with van der Waals surface area (Å²) in [6.45, 7) is 2.06. The average Bonchev–Trinajstić information content (AvgIpc) is 3.17. The van der Waals surface area contributed by atoms with Gasteiger partial charge in [-0.15, -0.1) is 11.3 Å². The molecule has 4 aromatic rings. The van der Waals surface area contributed by atoms with Crippen LogP contribution in [-0.4, -0.2) is 16.8 Å². The zero-order valence-electron chi connectivity index (χ0n) is 15.8. The zero-order valence-corrected chi connectivity index (χ0v) is 16.6. The number of benzene rings is 2. The quantitative estimate of drug-likeness (QED) is 0.504. The highest BCUT2D eigenvalue weighted by Crippen LogP contribution is 2.36. The van der Waals surface area contributed by atoms with Crippen molar-refractivity contribution in [2.45, 2.75) is 12.8 Å². The van der Waals surface area contributed by atoms with Gasteiger partial charge in [0.1, 0.15) is 5.00 Å². The van der Waals surface area contributed by atoms with Crippen molar-refractivity contribution in [1.82, 2.24) is 4.98 Å². The van der Waals surface area contributed by atoms with Gasteiger partial charge in [0, 0.05) is 22.4 Å². The summed E-state index contributed by atoms with van der Waals surface area (Å²) in [5.74, 6) is -0.791. The highest BCUT2D eigenvalue weighted by atomic mass is 32.1. The molecule has 144 valence electrons. The monoisotopic (exact) mass is 401 g/mol. The summed E-state index contributed by atoms with van der Waals surface area (Å²) in [7, 11) is 0. The summed E-state index contributed by atoms with van der Waals surface area (Å²) in [5.41, 5.74) is 8.26. The van der Waals surface area contributed by atoms with Crippen LogP contribution < -0.4 is 11.1 Å². The Labute approximate surface area is 172 Å². The van der Waals surface area contributed by atoms with Crippen LogP contribution in [0.15, 0.2) is 72.9 Å². The molecule has 0 radical (unpaired) electrons. The molecule has 0 bridgehead atoms. The second-order valence-electron chi connectivity index (χ2n) is 6.72. The maximum Gasteiger partial charge on any atom is 0.257 e. The fraction of sp³-hybridized carbons (Fsp3) is 0.0870. The van der Waals surface area contributed by atoms with Crippen molar-refractivity contribution in [2.24, 2.45) is 5.73 Å². The summed E-state index contributed by atoms with van der Waals surface area (Å²) in [6, 6.07) is 20.9. The van der Waals surface area contributed by atoms with Crippen molar-refractivity contribution >= 4 is 39.1 Å². The lowest BCUT2D eigenvalue weighted by Crippen LogP contribution is -2.16. The molecular formula is C23H19N3O2S. The van der Waals surface area contributed by atoms with Gasteiger partial charge in [-0.25, -0.2) is 0 Å². The van der Waals surface area contributed by atoms with Crippen LogP contribution in [0.3, 0.4) is 0 Å². The molecule has 0 aliphatic heterocycles. The smallest absolute Gasteiger partial charge is 0.257 e. The van der Waals surface area contributed by atoms with E-state index in [1.807, 2.05) is 54.6 Å². The Kier molecular flexibility index (Phi) is 5.10. The summed E-state index contributed by atoms with van der Waals surface area (Å²) in [4.78, 5) is 30.2. The van der Waals surface area contributed by atoms with Crippen molar-refractivity contribution in [1.29, 1.82) is 0 Å². The van der Waals surface area contributed by atoms with Gasteiger partial charge in [-0.3, -0.25) is 14.6 Å². The fourth-order valence-corrected chi connectivity index (χ4v) is 4.41. The number of aromatic nitrogens is 1. The molecule has 0 saturated heterocycles. The second kappa shape index (κ2) is 7.85. The largest absolute Gasteiger partial charge is 0.366 e. The molecule has 2 aromatic heterocycles. The van der Waals surface area contributed by atoms with Gasteiger partial charge in [0.15, 0.2) is 0 Å². The molecule has 2 heterocycles. The second-order valence-corrected chi connectivity index (χ2v) is 7.80. The standard InChI is InChI=1S/C23H19N3O2S/c1-14(15-7-3-2-4-8-15)20-13-18(21(24)27)23(29-20)26-22(28)17-11-12-25-19-10-6-5-9-16(17)19/h2-14H,1H3,(H2,24,27)(H,26,28). The SMILES string of the molecule is CC(c1ccccc1)c1cc(C(N)=O)c(NC(=O)c2ccnc3ccccc23)s1. The van der Waals surface area contributed by atoms with Gasteiger partial charge in [-0.05, 0) is 23.8 Å². The van der Waals surface area contributed by atoms with Crippen LogP contribution >= 0.6 is 11.3 Å². The summed E-state index contributed by atoms with van der Waals surface area (Å²) < 4.78 is 0. The van der Waals surface area contributed by atoms with Crippen LogP contribution in [-0.2, 0) is 0 Å². The number of carbonyl (C=O) groups is 2. The maximum atomic E-state index is 13.0. The lowest BCUT2D eigenvalue weighted by molar-refractivity contribution is 0.100. The summed E-state index contributed by atoms with van der Waals surface area (Å²) in [5, 5.41) is 4.09. The molecule has 2 amide bonds.